The van der Waals surface area contributed by atoms with E-state index >= 15 is 0 Å². The van der Waals surface area contributed by atoms with Crippen LogP contribution in [0.1, 0.15) is 70.7 Å². The van der Waals surface area contributed by atoms with Crippen LogP contribution in [0.3, 0.4) is 0 Å². The third-order valence-electron chi connectivity index (χ3n) is 4.83. The van der Waals surface area contributed by atoms with E-state index in [1.807, 2.05) is 30.3 Å². The van der Waals surface area contributed by atoms with Crippen molar-refractivity contribution in [2.45, 2.75) is 73.3 Å². The lowest BCUT2D eigenvalue weighted by Gasteiger charge is -2.29. The third-order valence-corrected chi connectivity index (χ3v) is 4.83. The highest BCUT2D eigenvalue weighted by molar-refractivity contribution is 5.55. The second kappa shape index (κ2) is 8.93. The number of para-hydroxylation sites is 1. The van der Waals surface area contributed by atoms with Crippen LogP contribution in [0.2, 0.25) is 0 Å². The molecule has 2 heteroatoms. The van der Waals surface area contributed by atoms with Crippen LogP contribution in [0, 0.1) is 11.8 Å². The molecular formula is C25H37NO. The van der Waals surface area contributed by atoms with E-state index in [0.29, 0.717) is 11.8 Å². The minimum Gasteiger partial charge on any atom is -0.457 e. The fourth-order valence-corrected chi connectivity index (χ4v) is 3.71. The van der Waals surface area contributed by atoms with Crippen LogP contribution < -0.4 is 10.5 Å². The van der Waals surface area contributed by atoms with Gasteiger partial charge in [-0.1, -0.05) is 58.9 Å². The van der Waals surface area contributed by atoms with Gasteiger partial charge in [0.2, 0.25) is 0 Å². The zero-order valence-corrected chi connectivity index (χ0v) is 18.2. The molecule has 0 aromatic heterocycles. The monoisotopic (exact) mass is 367 g/mol. The molecule has 2 aromatic carbocycles. The Kier molecular flexibility index (Phi) is 7.11. The molecule has 0 fully saturated rings. The van der Waals surface area contributed by atoms with Crippen molar-refractivity contribution in [3.8, 4) is 11.5 Å². The van der Waals surface area contributed by atoms with Gasteiger partial charge in [-0.15, -0.1) is 0 Å². The highest BCUT2D eigenvalue weighted by Gasteiger charge is 2.26. The first-order chi connectivity index (χ1) is 12.6. The van der Waals surface area contributed by atoms with Crippen LogP contribution in [0.4, 0.5) is 0 Å². The minimum atomic E-state index is -0.401. The quantitative estimate of drug-likeness (QED) is 0.568. The summed E-state index contributed by atoms with van der Waals surface area (Å²) in [7, 11) is 0. The summed E-state index contributed by atoms with van der Waals surface area (Å²) in [5, 5.41) is 0. The van der Waals surface area contributed by atoms with Crippen LogP contribution in [0.5, 0.6) is 11.5 Å². The highest BCUT2D eigenvalue weighted by Crippen LogP contribution is 2.40. The molecule has 0 bridgehead atoms. The summed E-state index contributed by atoms with van der Waals surface area (Å²) in [5.74, 6) is 3.07. The summed E-state index contributed by atoms with van der Waals surface area (Å²) in [6.07, 6.45) is 2.97. The Morgan fingerprint density at radius 2 is 1.52 bits per heavy atom. The van der Waals surface area contributed by atoms with Gasteiger partial charge in [0.1, 0.15) is 11.5 Å². The van der Waals surface area contributed by atoms with Crippen molar-refractivity contribution in [2.24, 2.45) is 17.6 Å². The Labute approximate surface area is 166 Å². The highest BCUT2D eigenvalue weighted by atomic mass is 16.5. The maximum Gasteiger partial charge on any atom is 0.134 e. The lowest BCUT2D eigenvalue weighted by molar-refractivity contribution is 0.454. The lowest BCUT2D eigenvalue weighted by Crippen LogP contribution is -2.31. The van der Waals surface area contributed by atoms with Crippen molar-refractivity contribution in [1.82, 2.24) is 0 Å². The van der Waals surface area contributed by atoms with Crippen molar-refractivity contribution >= 4 is 0 Å². The Bertz CT molecular complexity index is 739. The van der Waals surface area contributed by atoms with Gasteiger partial charge in [-0.2, -0.15) is 0 Å². The first kappa shape index (κ1) is 21.5. The smallest absolute Gasteiger partial charge is 0.134 e. The fourth-order valence-electron chi connectivity index (χ4n) is 3.71. The van der Waals surface area contributed by atoms with Crippen LogP contribution in [-0.2, 0) is 24.8 Å². The number of benzene rings is 2. The van der Waals surface area contributed by atoms with E-state index in [2.05, 4.69) is 54.5 Å². The van der Waals surface area contributed by atoms with E-state index in [1.54, 1.807) is 0 Å². The zero-order valence-electron chi connectivity index (χ0n) is 18.2. The van der Waals surface area contributed by atoms with E-state index in [9.17, 15) is 0 Å². The maximum atomic E-state index is 6.59. The first-order valence-corrected chi connectivity index (χ1v) is 10.3. The average Bonchev–Trinajstić information content (AvgIpc) is 2.56. The molecule has 27 heavy (non-hydrogen) atoms. The molecule has 0 saturated carbocycles. The molecule has 2 N–H and O–H groups in total. The summed E-state index contributed by atoms with van der Waals surface area (Å²) in [6.45, 7) is 15.5. The van der Waals surface area contributed by atoms with Gasteiger partial charge in [0, 0.05) is 5.54 Å². The van der Waals surface area contributed by atoms with Crippen molar-refractivity contribution in [2.75, 3.05) is 0 Å². The summed E-state index contributed by atoms with van der Waals surface area (Å²) < 4.78 is 6.53. The van der Waals surface area contributed by atoms with E-state index in [4.69, 9.17) is 10.5 Å². The standard InChI is InChI=1S/C25H37NO/c1-8-21-23(25(6,7)26)16-19(14-17(2)3)22(15-18(4)5)24(21)27-20-12-10-9-11-13-20/h9-13,16-18H,8,14-15,26H2,1-7H3. The molecule has 2 nitrogen and oxygen atoms in total. The van der Waals surface area contributed by atoms with Gasteiger partial charge in [0.25, 0.3) is 0 Å². The maximum absolute atomic E-state index is 6.59. The molecule has 0 unspecified atom stereocenters. The normalized spacial score (nSPS) is 12.1. The Balaban J connectivity index is 2.75. The molecule has 0 heterocycles. The van der Waals surface area contributed by atoms with Gasteiger partial charge in [0.05, 0.1) is 0 Å². The minimum absolute atomic E-state index is 0.401. The van der Waals surface area contributed by atoms with E-state index in [1.165, 1.54) is 22.3 Å². The van der Waals surface area contributed by atoms with Gasteiger partial charge in [-0.05, 0) is 79.3 Å². The van der Waals surface area contributed by atoms with Crippen molar-refractivity contribution in [3.63, 3.8) is 0 Å². The molecular weight excluding hydrogens is 330 g/mol. The molecule has 0 radical (unpaired) electrons. The second-order valence-electron chi connectivity index (χ2n) is 9.06. The average molecular weight is 368 g/mol. The first-order valence-electron chi connectivity index (χ1n) is 10.3. The molecule has 2 rings (SSSR count). The van der Waals surface area contributed by atoms with E-state index in [0.717, 1.165) is 30.8 Å². The van der Waals surface area contributed by atoms with E-state index in [-0.39, 0.29) is 0 Å². The predicted octanol–water partition coefficient (Wildman–Crippen LogP) is 6.63. The van der Waals surface area contributed by atoms with Crippen molar-refractivity contribution in [1.29, 1.82) is 0 Å². The number of rotatable bonds is 8. The van der Waals surface area contributed by atoms with Gasteiger partial charge in [-0.25, -0.2) is 0 Å². The summed E-state index contributed by atoms with van der Waals surface area (Å²) in [5.41, 5.74) is 11.4. The lowest BCUT2D eigenvalue weighted by atomic mass is 9.82. The molecule has 0 amide bonds. The number of hydrogen-bond acceptors (Lipinski definition) is 2. The molecule has 0 saturated heterocycles. The van der Waals surface area contributed by atoms with Gasteiger partial charge >= 0.3 is 0 Å². The number of nitrogens with two attached hydrogens (primary N) is 1. The summed E-state index contributed by atoms with van der Waals surface area (Å²) >= 11 is 0. The summed E-state index contributed by atoms with van der Waals surface area (Å²) in [4.78, 5) is 0. The molecule has 0 aliphatic rings. The molecule has 148 valence electrons. The Morgan fingerprint density at radius 3 is 2.00 bits per heavy atom. The van der Waals surface area contributed by atoms with Crippen LogP contribution >= 0.6 is 0 Å². The fraction of sp³-hybridized carbons (Fsp3) is 0.520. The molecule has 0 aliphatic carbocycles. The Hall–Kier alpha value is -1.80. The van der Waals surface area contributed by atoms with E-state index < -0.39 is 5.54 Å². The predicted molar refractivity (Wildman–Crippen MR) is 117 cm³/mol. The molecule has 0 atom stereocenters. The zero-order chi connectivity index (χ0) is 20.2. The largest absolute Gasteiger partial charge is 0.457 e. The number of ether oxygens (including phenoxy) is 1. The SMILES string of the molecule is CCc1c(C(C)(C)N)cc(CC(C)C)c(CC(C)C)c1Oc1ccccc1. The Morgan fingerprint density at radius 1 is 0.926 bits per heavy atom. The van der Waals surface area contributed by atoms with Crippen LogP contribution in [-0.4, -0.2) is 0 Å². The van der Waals surface area contributed by atoms with Gasteiger partial charge < -0.3 is 10.5 Å². The topological polar surface area (TPSA) is 35.2 Å². The molecule has 0 spiro atoms. The molecule has 2 aromatic rings. The van der Waals surface area contributed by atoms with Crippen molar-refractivity contribution in [3.05, 3.63) is 58.7 Å². The van der Waals surface area contributed by atoms with Crippen LogP contribution in [0.15, 0.2) is 36.4 Å². The van der Waals surface area contributed by atoms with Crippen LogP contribution in [0.25, 0.3) is 0 Å². The van der Waals surface area contributed by atoms with Gasteiger partial charge in [0.15, 0.2) is 0 Å². The van der Waals surface area contributed by atoms with Gasteiger partial charge in [-0.3, -0.25) is 0 Å². The summed E-state index contributed by atoms with van der Waals surface area (Å²) in [6, 6.07) is 12.5. The number of hydrogen-bond donors (Lipinski definition) is 1. The van der Waals surface area contributed by atoms with Crippen molar-refractivity contribution < 1.29 is 4.74 Å². The second-order valence-corrected chi connectivity index (χ2v) is 9.06. The third kappa shape index (κ3) is 5.59. The molecule has 0 aliphatic heterocycles.